The number of rotatable bonds is 4. The first-order chi connectivity index (χ1) is 5.15. The molecule has 0 aromatic heterocycles. The molecule has 0 aliphatic carbocycles. The second-order valence-electron chi connectivity index (χ2n) is 2.40. The van der Waals surface area contributed by atoms with Gasteiger partial charge in [-0.1, -0.05) is 12.2 Å². The van der Waals surface area contributed by atoms with Crippen LogP contribution in [0.1, 0.15) is 26.7 Å². The monoisotopic (exact) mass is 243 g/mol. The van der Waals surface area contributed by atoms with Gasteiger partial charge in [-0.2, -0.15) is 0 Å². The molecule has 0 bridgehead atoms. The molecule has 0 saturated heterocycles. The average molecular weight is 245 g/mol. The van der Waals surface area contributed by atoms with E-state index in [0.717, 1.165) is 0 Å². The Hall–Kier alpha value is 0.863. The van der Waals surface area contributed by atoms with E-state index in [1.807, 2.05) is 0 Å². The molecule has 2 N–H and O–H groups in total. The Labute approximate surface area is 88.5 Å². The van der Waals surface area contributed by atoms with E-state index in [2.05, 4.69) is 38.7 Å². The van der Waals surface area contributed by atoms with Crippen LogP contribution in [0.3, 0.4) is 0 Å². The molecular formula is C7H17NS2Zn. The van der Waals surface area contributed by atoms with E-state index in [0.29, 0.717) is 0 Å². The van der Waals surface area contributed by atoms with Gasteiger partial charge in [0.25, 0.3) is 0 Å². The van der Waals surface area contributed by atoms with Crippen LogP contribution in [0.4, 0.5) is 0 Å². The van der Waals surface area contributed by atoms with Gasteiger partial charge in [0, 0.05) is 0 Å². The van der Waals surface area contributed by atoms with Crippen molar-refractivity contribution in [2.24, 2.45) is 5.73 Å². The summed E-state index contributed by atoms with van der Waals surface area (Å²) in [6, 6.07) is 0. The number of nitrogens with two attached hydrogens (primary N) is 1. The van der Waals surface area contributed by atoms with E-state index >= 15 is 0 Å². The van der Waals surface area contributed by atoms with Gasteiger partial charge in [-0.05, 0) is 0 Å². The molecule has 0 fully saturated rings. The largest absolute Gasteiger partial charge is 0.385 e. The molecule has 11 heavy (non-hydrogen) atoms. The number of thiol groups is 1. The topological polar surface area (TPSA) is 26.0 Å². The standard InChI is InChI=1S/2C3H7.CH3NS2.Zn/c2*1-3-2;2-1(3)4;/h2*1,3H2,2H3;(H3,2,3,4);. The second kappa shape index (κ2) is 13.5. The molecule has 64 valence electrons. The minimum absolute atomic E-state index is 0.0521. The van der Waals surface area contributed by atoms with Gasteiger partial charge < -0.3 is 5.73 Å². The maximum absolute atomic E-state index is 4.71. The predicted molar refractivity (Wildman–Crippen MR) is 56.0 cm³/mol. The Bertz CT molecular complexity index is 80.5. The van der Waals surface area contributed by atoms with Gasteiger partial charge in [0.15, 0.2) is 0 Å². The summed E-state index contributed by atoms with van der Waals surface area (Å²) in [6.45, 7) is 4.59. The van der Waals surface area contributed by atoms with E-state index in [1.54, 1.807) is 10.0 Å². The maximum Gasteiger partial charge on any atom is 0.128 e. The van der Waals surface area contributed by atoms with Crippen LogP contribution in [0.15, 0.2) is 0 Å². The summed E-state index contributed by atoms with van der Waals surface area (Å²) in [5.41, 5.74) is 4.71. The van der Waals surface area contributed by atoms with Gasteiger partial charge in [0.05, 0.1) is 0 Å². The van der Waals surface area contributed by atoms with Gasteiger partial charge in [-0.3, -0.25) is 0 Å². The third-order valence-electron chi connectivity index (χ3n) is 1.21. The molecule has 0 spiro atoms. The molecule has 0 unspecified atom stereocenters. The van der Waals surface area contributed by atoms with Crippen LogP contribution in [0, 0.1) is 0 Å². The Balaban J connectivity index is 0. The van der Waals surface area contributed by atoms with Gasteiger partial charge in [-0.25, -0.2) is 0 Å². The Morgan fingerprint density at radius 1 is 1.36 bits per heavy atom. The maximum atomic E-state index is 4.71. The number of hydrogen-bond donors (Lipinski definition) is 2. The SMILES string of the molecule is CC[CH2][Zn][CH2]CC.NC(=S)S. The zero-order chi connectivity index (χ0) is 9.11. The minimum atomic E-state index is 0.0521. The Morgan fingerprint density at radius 3 is 1.82 bits per heavy atom. The number of hydrogen-bond acceptors (Lipinski definition) is 1. The molecule has 0 radical (unpaired) electrons. The van der Waals surface area contributed by atoms with Crippen molar-refractivity contribution >= 4 is 29.2 Å². The Kier molecular flexibility index (Phi) is 17.6. The molecule has 1 nitrogen and oxygen atoms in total. The molecule has 0 aliphatic heterocycles. The number of thiocarbonyl (C=S) groups is 1. The van der Waals surface area contributed by atoms with E-state index < -0.39 is 0 Å². The normalized spacial score (nSPS) is 7.55. The summed E-state index contributed by atoms with van der Waals surface area (Å²) >= 11 is 7.71. The zero-order valence-corrected chi connectivity index (χ0v) is 12.1. The minimum Gasteiger partial charge on any atom is -0.385 e. The first-order valence-electron chi connectivity index (χ1n) is 4.13. The smallest absolute Gasteiger partial charge is 0.128 e. The van der Waals surface area contributed by atoms with Crippen molar-refractivity contribution in [3.63, 3.8) is 0 Å². The molecule has 0 aliphatic rings. The molecule has 0 aromatic rings. The summed E-state index contributed by atoms with van der Waals surface area (Å²) in [6.07, 6.45) is 2.89. The van der Waals surface area contributed by atoms with Gasteiger partial charge in [0.1, 0.15) is 4.32 Å². The van der Waals surface area contributed by atoms with Gasteiger partial charge in [-0.15, -0.1) is 12.6 Å². The molecule has 4 heteroatoms. The second-order valence-corrected chi connectivity index (χ2v) is 8.07. The summed E-state index contributed by atoms with van der Waals surface area (Å²) in [4.78, 5) is 0. The van der Waals surface area contributed by atoms with Crippen LogP contribution >= 0.6 is 24.8 Å². The summed E-state index contributed by atoms with van der Waals surface area (Å²) in [5.74, 6) is 0. The summed E-state index contributed by atoms with van der Waals surface area (Å²) < 4.78 is 0.194. The Morgan fingerprint density at radius 2 is 1.64 bits per heavy atom. The van der Waals surface area contributed by atoms with Crippen LogP contribution in [-0.4, -0.2) is 4.32 Å². The fourth-order valence-corrected chi connectivity index (χ4v) is 3.52. The molecule has 0 saturated carbocycles. The fraction of sp³-hybridized carbons (Fsp3) is 0.857. The van der Waals surface area contributed by atoms with E-state index in [1.165, 1.54) is 12.8 Å². The average Bonchev–Trinajstić information content (AvgIpc) is 1.88. The van der Waals surface area contributed by atoms with Crippen LogP contribution in [0.25, 0.3) is 0 Å². The quantitative estimate of drug-likeness (QED) is 0.344. The summed E-state index contributed by atoms with van der Waals surface area (Å²) in [5, 5.41) is 3.22. The first kappa shape index (κ1) is 14.4. The first-order valence-corrected chi connectivity index (χ1v) is 9.18. The molecular weight excluding hydrogens is 228 g/mol. The van der Waals surface area contributed by atoms with Crippen molar-refractivity contribution < 1.29 is 17.1 Å². The van der Waals surface area contributed by atoms with Crippen molar-refractivity contribution in [3.8, 4) is 0 Å². The van der Waals surface area contributed by atoms with Crippen LogP contribution in [0.2, 0.25) is 10.0 Å². The van der Waals surface area contributed by atoms with Crippen molar-refractivity contribution in [1.29, 1.82) is 0 Å². The third kappa shape index (κ3) is 36.1. The fourth-order valence-electron chi connectivity index (χ4n) is 0.677. The van der Waals surface area contributed by atoms with Crippen LogP contribution in [0.5, 0.6) is 0 Å². The van der Waals surface area contributed by atoms with Crippen molar-refractivity contribution in [2.75, 3.05) is 0 Å². The van der Waals surface area contributed by atoms with Crippen molar-refractivity contribution in [2.45, 2.75) is 36.7 Å². The molecule has 0 rings (SSSR count). The van der Waals surface area contributed by atoms with Crippen LogP contribution in [-0.2, 0) is 17.1 Å². The molecule has 0 atom stereocenters. The van der Waals surface area contributed by atoms with Gasteiger partial charge >= 0.3 is 53.8 Å². The van der Waals surface area contributed by atoms with Crippen molar-refractivity contribution in [1.82, 2.24) is 0 Å². The molecule has 0 amide bonds. The van der Waals surface area contributed by atoms with E-state index in [4.69, 9.17) is 5.73 Å². The summed E-state index contributed by atoms with van der Waals surface area (Å²) in [7, 11) is 0. The molecule has 0 aromatic carbocycles. The molecule has 0 heterocycles. The zero-order valence-electron chi connectivity index (χ0n) is 7.47. The van der Waals surface area contributed by atoms with E-state index in [9.17, 15) is 0 Å². The predicted octanol–water partition coefficient (Wildman–Crippen LogP) is 2.89. The van der Waals surface area contributed by atoms with Crippen molar-refractivity contribution in [3.05, 3.63) is 0 Å². The van der Waals surface area contributed by atoms with E-state index in [-0.39, 0.29) is 21.4 Å². The van der Waals surface area contributed by atoms with Crippen LogP contribution < -0.4 is 5.73 Å². The van der Waals surface area contributed by atoms with Gasteiger partial charge in [0.2, 0.25) is 0 Å². The third-order valence-corrected chi connectivity index (χ3v) is 6.27.